The highest BCUT2D eigenvalue weighted by atomic mass is 35.5. The number of rotatable bonds is 15. The predicted octanol–water partition coefficient (Wildman–Crippen LogP) is 7.75. The maximum absolute atomic E-state index is 13.0. The molecule has 0 heterocycles. The van der Waals surface area contributed by atoms with Gasteiger partial charge in [-0.1, -0.05) is 55.3 Å². The van der Waals surface area contributed by atoms with E-state index in [1.54, 1.807) is 78.9 Å². The summed E-state index contributed by atoms with van der Waals surface area (Å²) in [7, 11) is -3.80. The minimum Gasteiger partial charge on any atom is -0.493 e. The van der Waals surface area contributed by atoms with Gasteiger partial charge in [-0.2, -0.15) is 0 Å². The Morgan fingerprint density at radius 3 is 2.26 bits per heavy atom. The normalized spacial score (nSPS) is 11.9. The van der Waals surface area contributed by atoms with Crippen LogP contribution in [0.1, 0.15) is 41.8 Å². The number of hydrogen-bond donors (Lipinski definition) is 2. The summed E-state index contributed by atoms with van der Waals surface area (Å²) in [5.74, 6) is 1.21. The van der Waals surface area contributed by atoms with Gasteiger partial charge in [-0.15, -0.1) is 11.6 Å². The van der Waals surface area contributed by atoms with Crippen molar-refractivity contribution in [1.82, 2.24) is 0 Å². The van der Waals surface area contributed by atoms with Crippen molar-refractivity contribution in [2.75, 3.05) is 17.9 Å². The Morgan fingerprint density at radius 2 is 1.56 bits per heavy atom. The minimum atomic E-state index is -3.80. The molecule has 1 unspecified atom stereocenters. The number of para-hydroxylation sites is 2. The second-order valence-corrected chi connectivity index (χ2v) is 12.0. The lowest BCUT2D eigenvalue weighted by atomic mass is 10.1. The van der Waals surface area contributed by atoms with Gasteiger partial charge < -0.3 is 19.3 Å². The molecular formula is C33H34ClNO7S. The predicted molar refractivity (Wildman–Crippen MR) is 167 cm³/mol. The second-order valence-electron chi connectivity index (χ2n) is 9.86. The van der Waals surface area contributed by atoms with Crippen molar-refractivity contribution >= 4 is 33.3 Å². The molecule has 4 rings (SSSR count). The van der Waals surface area contributed by atoms with Gasteiger partial charge in [0.15, 0.2) is 11.1 Å². The monoisotopic (exact) mass is 623 g/mol. The number of aliphatic carboxylic acids is 1. The lowest BCUT2D eigenvalue weighted by Crippen LogP contribution is -2.13. The summed E-state index contributed by atoms with van der Waals surface area (Å²) < 4.78 is 46.5. The molecule has 2 N–H and O–H groups in total. The molecule has 226 valence electrons. The topological polar surface area (TPSA) is 111 Å². The molecule has 4 aromatic rings. The van der Waals surface area contributed by atoms with Crippen LogP contribution in [0.4, 0.5) is 5.69 Å². The average Bonchev–Trinajstić information content (AvgIpc) is 2.99. The van der Waals surface area contributed by atoms with E-state index in [-0.39, 0.29) is 4.90 Å². The van der Waals surface area contributed by atoms with Crippen LogP contribution in [0, 0.1) is 6.92 Å². The fraction of sp³-hybridized carbons (Fsp3) is 0.242. The first-order valence-electron chi connectivity index (χ1n) is 13.9. The van der Waals surface area contributed by atoms with Crippen LogP contribution < -0.4 is 18.9 Å². The fourth-order valence-corrected chi connectivity index (χ4v) is 5.44. The molecule has 0 fully saturated rings. The lowest BCUT2D eigenvalue weighted by molar-refractivity contribution is -0.136. The number of anilines is 1. The van der Waals surface area contributed by atoms with E-state index in [9.17, 15) is 13.2 Å². The van der Waals surface area contributed by atoms with Gasteiger partial charge in [0.05, 0.1) is 23.8 Å². The Balaban J connectivity index is 1.35. The number of benzene rings is 4. The quantitative estimate of drug-likeness (QED) is 0.103. The summed E-state index contributed by atoms with van der Waals surface area (Å²) in [4.78, 5) is 11.2. The molecule has 0 spiro atoms. The highest BCUT2D eigenvalue weighted by Gasteiger charge is 2.18. The van der Waals surface area contributed by atoms with Crippen molar-refractivity contribution < 1.29 is 32.5 Å². The number of sulfonamides is 1. The van der Waals surface area contributed by atoms with Crippen molar-refractivity contribution in [1.29, 1.82) is 0 Å². The third kappa shape index (κ3) is 8.89. The molecule has 4 aromatic carbocycles. The molecule has 10 heteroatoms. The fourth-order valence-electron chi connectivity index (χ4n) is 4.22. The highest BCUT2D eigenvalue weighted by molar-refractivity contribution is 7.92. The molecular weight excluding hydrogens is 590 g/mol. The van der Waals surface area contributed by atoms with E-state index in [1.807, 2.05) is 19.1 Å². The van der Waals surface area contributed by atoms with E-state index in [4.69, 9.17) is 30.9 Å². The van der Waals surface area contributed by atoms with Gasteiger partial charge in [0.1, 0.15) is 17.2 Å². The van der Waals surface area contributed by atoms with Crippen LogP contribution in [-0.2, 0) is 21.2 Å². The van der Waals surface area contributed by atoms with Crippen molar-refractivity contribution in [2.45, 2.75) is 43.4 Å². The molecule has 0 saturated heterocycles. The van der Waals surface area contributed by atoms with E-state index in [2.05, 4.69) is 11.6 Å². The minimum absolute atomic E-state index is 0.170. The van der Waals surface area contributed by atoms with Crippen LogP contribution in [0.3, 0.4) is 0 Å². The number of alkyl halides is 1. The van der Waals surface area contributed by atoms with E-state index >= 15 is 0 Å². The van der Waals surface area contributed by atoms with Crippen LogP contribution in [0.25, 0.3) is 0 Å². The Hall–Kier alpha value is -4.21. The number of carboxylic acids is 1. The zero-order chi connectivity index (χ0) is 30.8. The van der Waals surface area contributed by atoms with Crippen LogP contribution in [-0.4, -0.2) is 32.7 Å². The van der Waals surface area contributed by atoms with Gasteiger partial charge in [0.25, 0.3) is 10.0 Å². The Bertz CT molecular complexity index is 1620. The summed E-state index contributed by atoms with van der Waals surface area (Å²) in [6, 6.07) is 25.7. The molecule has 0 radical (unpaired) electrons. The second kappa shape index (κ2) is 14.8. The summed E-state index contributed by atoms with van der Waals surface area (Å²) in [5, 5.41) is 7.92. The van der Waals surface area contributed by atoms with Crippen LogP contribution in [0.5, 0.6) is 23.0 Å². The average molecular weight is 624 g/mol. The van der Waals surface area contributed by atoms with Gasteiger partial charge in [-0.3, -0.25) is 9.52 Å². The molecule has 0 aliphatic heterocycles. The largest absolute Gasteiger partial charge is 0.493 e. The first-order chi connectivity index (χ1) is 20.7. The van der Waals surface area contributed by atoms with Gasteiger partial charge in [0.2, 0.25) is 0 Å². The van der Waals surface area contributed by atoms with Crippen LogP contribution in [0.15, 0.2) is 95.9 Å². The molecule has 1 atom stereocenters. The number of halogens is 1. The summed E-state index contributed by atoms with van der Waals surface area (Å²) in [6.07, 6.45) is 2.30. The SMILES string of the molecule is CCCc1cc(Oc2ccccc2NS(=O)(=O)c2ccc(C)cc2)ccc1OCCCOc1ccc(C(Cl)C(=O)O)cc1. The van der Waals surface area contributed by atoms with Crippen molar-refractivity contribution in [3.05, 3.63) is 108 Å². The number of carboxylic acid groups (broad SMARTS) is 1. The molecule has 0 amide bonds. The molecule has 43 heavy (non-hydrogen) atoms. The lowest BCUT2D eigenvalue weighted by Gasteiger charge is -2.16. The summed E-state index contributed by atoms with van der Waals surface area (Å²) >= 11 is 5.85. The molecule has 0 aromatic heterocycles. The smallest absolute Gasteiger partial charge is 0.326 e. The first-order valence-corrected chi connectivity index (χ1v) is 15.8. The van der Waals surface area contributed by atoms with Crippen molar-refractivity contribution in [3.63, 3.8) is 0 Å². The molecule has 0 aliphatic carbocycles. The highest BCUT2D eigenvalue weighted by Crippen LogP contribution is 2.34. The van der Waals surface area contributed by atoms with Crippen molar-refractivity contribution in [3.8, 4) is 23.0 Å². The standard InChI is InChI=1S/C33H34ClNO7S/c1-3-7-25-22-27(42-31-9-5-4-8-29(31)35-43(38,39)28-17-10-23(2)11-18-28)16-19-30(25)41-21-6-20-40-26-14-12-24(13-15-26)32(34)33(36)37/h4-5,8-19,22,32,35H,3,6-7,20-21H2,1-2H3,(H,36,37). The van der Waals surface area contributed by atoms with Gasteiger partial charge in [-0.05, 0) is 79.1 Å². The van der Waals surface area contributed by atoms with Crippen LogP contribution in [0.2, 0.25) is 0 Å². The summed E-state index contributed by atoms with van der Waals surface area (Å²) in [5.41, 5.74) is 2.77. The number of aryl methyl sites for hydroxylation is 2. The maximum atomic E-state index is 13.0. The van der Waals surface area contributed by atoms with E-state index in [1.165, 1.54) is 0 Å². The zero-order valence-electron chi connectivity index (χ0n) is 24.0. The Kier molecular flexibility index (Phi) is 10.9. The van der Waals surface area contributed by atoms with E-state index in [0.717, 1.165) is 29.7 Å². The molecule has 0 saturated carbocycles. The van der Waals surface area contributed by atoms with Gasteiger partial charge >= 0.3 is 5.97 Å². The number of hydrogen-bond acceptors (Lipinski definition) is 6. The molecule has 0 aliphatic rings. The van der Waals surface area contributed by atoms with Gasteiger partial charge in [-0.25, -0.2) is 8.42 Å². The number of ether oxygens (including phenoxy) is 3. The van der Waals surface area contributed by atoms with Crippen LogP contribution >= 0.6 is 11.6 Å². The van der Waals surface area contributed by atoms with E-state index in [0.29, 0.717) is 48.1 Å². The third-order valence-electron chi connectivity index (χ3n) is 6.45. The molecule has 0 bridgehead atoms. The summed E-state index contributed by atoms with van der Waals surface area (Å²) in [6.45, 7) is 4.83. The zero-order valence-corrected chi connectivity index (χ0v) is 25.5. The maximum Gasteiger partial charge on any atom is 0.326 e. The number of nitrogens with one attached hydrogen (secondary N) is 1. The third-order valence-corrected chi connectivity index (χ3v) is 8.27. The molecule has 8 nitrogen and oxygen atoms in total. The number of carbonyl (C=O) groups is 1. The first kappa shape index (κ1) is 31.7. The Morgan fingerprint density at radius 1 is 0.884 bits per heavy atom. The van der Waals surface area contributed by atoms with Crippen molar-refractivity contribution in [2.24, 2.45) is 0 Å². The van der Waals surface area contributed by atoms with E-state index < -0.39 is 21.4 Å². The van der Waals surface area contributed by atoms with Gasteiger partial charge in [0, 0.05) is 6.42 Å². The Labute approximate surface area is 257 Å².